The molecule has 0 radical (unpaired) electrons. The van der Waals surface area contributed by atoms with E-state index in [1.807, 2.05) is 0 Å². The predicted octanol–water partition coefficient (Wildman–Crippen LogP) is 0.251. The zero-order valence-electron chi connectivity index (χ0n) is 9.97. The van der Waals surface area contributed by atoms with Crippen molar-refractivity contribution in [1.29, 1.82) is 0 Å². The van der Waals surface area contributed by atoms with Gasteiger partial charge in [0.25, 0.3) is 0 Å². The number of aromatic nitrogens is 1. The summed E-state index contributed by atoms with van der Waals surface area (Å²) < 4.78 is 30.3. The standard InChI is InChI=1S/C10H15N3O4S/c1-7-6-9(12-17-7)13-18(15,16)5-4-11-10(14)8-2-3-8/h6,8H,2-5H2,1H3,(H,11,14)(H,12,13). The van der Waals surface area contributed by atoms with Crippen LogP contribution in [0.3, 0.4) is 0 Å². The summed E-state index contributed by atoms with van der Waals surface area (Å²) in [4.78, 5) is 11.3. The van der Waals surface area contributed by atoms with Crippen molar-refractivity contribution >= 4 is 21.7 Å². The molecular formula is C10H15N3O4S. The highest BCUT2D eigenvalue weighted by atomic mass is 32.2. The van der Waals surface area contributed by atoms with Gasteiger partial charge in [0, 0.05) is 18.5 Å². The molecule has 2 N–H and O–H groups in total. The highest BCUT2D eigenvalue weighted by Gasteiger charge is 2.29. The predicted molar refractivity (Wildman–Crippen MR) is 64.4 cm³/mol. The Bertz CT molecular complexity index is 533. The van der Waals surface area contributed by atoms with Crippen LogP contribution in [0.2, 0.25) is 0 Å². The van der Waals surface area contributed by atoms with Crippen LogP contribution in [0.4, 0.5) is 5.82 Å². The van der Waals surface area contributed by atoms with Crippen molar-refractivity contribution in [2.24, 2.45) is 5.92 Å². The Labute approximate surface area is 105 Å². The van der Waals surface area contributed by atoms with E-state index < -0.39 is 10.0 Å². The number of rotatable bonds is 6. The topological polar surface area (TPSA) is 101 Å². The number of carbonyl (C=O) groups excluding carboxylic acids is 1. The Morgan fingerprint density at radius 2 is 2.28 bits per heavy atom. The smallest absolute Gasteiger partial charge is 0.235 e. The number of hydrogen-bond acceptors (Lipinski definition) is 5. The fourth-order valence-electron chi connectivity index (χ4n) is 1.42. The number of nitrogens with one attached hydrogen (secondary N) is 2. The van der Waals surface area contributed by atoms with Gasteiger partial charge in [-0.1, -0.05) is 5.16 Å². The van der Waals surface area contributed by atoms with Crippen LogP contribution in [-0.2, 0) is 14.8 Å². The molecule has 0 aromatic carbocycles. The SMILES string of the molecule is Cc1cc(NS(=O)(=O)CCNC(=O)C2CC2)no1. The molecule has 0 atom stereocenters. The number of aryl methyl sites for hydroxylation is 1. The molecule has 0 saturated heterocycles. The summed E-state index contributed by atoms with van der Waals surface area (Å²) in [5.41, 5.74) is 0. The summed E-state index contributed by atoms with van der Waals surface area (Å²) in [6.07, 6.45) is 1.80. The molecule has 100 valence electrons. The Hall–Kier alpha value is -1.57. The number of carbonyl (C=O) groups is 1. The fraction of sp³-hybridized carbons (Fsp3) is 0.600. The second-order valence-electron chi connectivity index (χ2n) is 4.31. The van der Waals surface area contributed by atoms with E-state index in [-0.39, 0.29) is 29.9 Å². The third-order valence-corrected chi connectivity index (χ3v) is 3.77. The first-order valence-electron chi connectivity index (χ1n) is 5.68. The number of anilines is 1. The van der Waals surface area contributed by atoms with E-state index in [0.29, 0.717) is 5.76 Å². The van der Waals surface area contributed by atoms with Gasteiger partial charge in [-0.25, -0.2) is 8.42 Å². The number of nitrogens with zero attached hydrogens (tertiary/aromatic N) is 1. The molecule has 1 fully saturated rings. The maximum absolute atomic E-state index is 11.6. The van der Waals surface area contributed by atoms with E-state index in [2.05, 4.69) is 15.2 Å². The van der Waals surface area contributed by atoms with Gasteiger partial charge in [0.05, 0.1) is 5.75 Å². The molecule has 0 aliphatic heterocycles. The lowest BCUT2D eigenvalue weighted by atomic mass is 10.4. The average molecular weight is 273 g/mol. The van der Waals surface area contributed by atoms with Crippen molar-refractivity contribution in [2.45, 2.75) is 19.8 Å². The molecule has 2 rings (SSSR count). The molecule has 0 spiro atoms. The maximum atomic E-state index is 11.6. The maximum Gasteiger partial charge on any atom is 0.235 e. The van der Waals surface area contributed by atoms with Crippen LogP contribution in [0, 0.1) is 12.8 Å². The molecular weight excluding hydrogens is 258 g/mol. The quantitative estimate of drug-likeness (QED) is 0.773. The first-order valence-corrected chi connectivity index (χ1v) is 7.33. The molecule has 1 heterocycles. The van der Waals surface area contributed by atoms with Gasteiger partial charge >= 0.3 is 0 Å². The summed E-state index contributed by atoms with van der Waals surface area (Å²) in [5, 5.41) is 6.12. The van der Waals surface area contributed by atoms with Crippen LogP contribution in [0.25, 0.3) is 0 Å². The van der Waals surface area contributed by atoms with Crippen molar-refractivity contribution < 1.29 is 17.7 Å². The van der Waals surface area contributed by atoms with Gasteiger partial charge in [0.2, 0.25) is 15.9 Å². The number of amides is 1. The number of hydrogen-bond donors (Lipinski definition) is 2. The van der Waals surface area contributed by atoms with Gasteiger partial charge in [0.1, 0.15) is 5.76 Å². The average Bonchev–Trinajstić information content (AvgIpc) is 3.03. The summed E-state index contributed by atoms with van der Waals surface area (Å²) in [6.45, 7) is 1.77. The minimum absolute atomic E-state index is 0.0671. The molecule has 1 aromatic heterocycles. The van der Waals surface area contributed by atoms with Crippen molar-refractivity contribution in [3.8, 4) is 0 Å². The molecule has 1 saturated carbocycles. The molecule has 1 amide bonds. The molecule has 0 bridgehead atoms. The van der Waals surface area contributed by atoms with Crippen molar-refractivity contribution in [1.82, 2.24) is 10.5 Å². The first kappa shape index (κ1) is 12.9. The summed E-state index contributed by atoms with van der Waals surface area (Å²) >= 11 is 0. The lowest BCUT2D eigenvalue weighted by Gasteiger charge is -2.06. The van der Waals surface area contributed by atoms with Gasteiger partial charge in [-0.3, -0.25) is 9.52 Å². The molecule has 1 aliphatic carbocycles. The van der Waals surface area contributed by atoms with Gasteiger partial charge in [-0.15, -0.1) is 0 Å². The Morgan fingerprint density at radius 1 is 1.56 bits per heavy atom. The number of sulfonamides is 1. The van der Waals surface area contributed by atoms with E-state index in [4.69, 9.17) is 4.52 Å². The monoisotopic (exact) mass is 273 g/mol. The highest BCUT2D eigenvalue weighted by Crippen LogP contribution is 2.28. The van der Waals surface area contributed by atoms with Gasteiger partial charge in [-0.2, -0.15) is 0 Å². The summed E-state index contributed by atoms with van der Waals surface area (Å²) in [7, 11) is -3.51. The molecule has 8 heteroatoms. The van der Waals surface area contributed by atoms with Crippen molar-refractivity contribution in [3.63, 3.8) is 0 Å². The van der Waals surface area contributed by atoms with Crippen LogP contribution in [0.5, 0.6) is 0 Å². The molecule has 0 unspecified atom stereocenters. The van der Waals surface area contributed by atoms with Crippen LogP contribution in [0.15, 0.2) is 10.6 Å². The van der Waals surface area contributed by atoms with Crippen LogP contribution in [0.1, 0.15) is 18.6 Å². The van der Waals surface area contributed by atoms with Crippen LogP contribution in [-0.4, -0.2) is 31.8 Å². The Balaban J connectivity index is 1.78. The second-order valence-corrected chi connectivity index (χ2v) is 6.15. The zero-order chi connectivity index (χ0) is 13.2. The second kappa shape index (κ2) is 4.97. The van der Waals surface area contributed by atoms with Gasteiger partial charge in [-0.05, 0) is 19.8 Å². The van der Waals surface area contributed by atoms with Crippen LogP contribution < -0.4 is 10.0 Å². The minimum atomic E-state index is -3.51. The molecule has 18 heavy (non-hydrogen) atoms. The molecule has 1 aliphatic rings. The van der Waals surface area contributed by atoms with E-state index in [0.717, 1.165) is 12.8 Å². The van der Waals surface area contributed by atoms with E-state index >= 15 is 0 Å². The summed E-state index contributed by atoms with van der Waals surface area (Å²) in [5.74, 6) is 0.509. The fourth-order valence-corrected chi connectivity index (χ4v) is 2.31. The Kier molecular flexibility index (Phi) is 3.55. The van der Waals surface area contributed by atoms with Crippen molar-refractivity contribution in [3.05, 3.63) is 11.8 Å². The zero-order valence-corrected chi connectivity index (χ0v) is 10.8. The molecule has 1 aromatic rings. The minimum Gasteiger partial charge on any atom is -0.360 e. The first-order chi connectivity index (χ1) is 8.46. The third kappa shape index (κ3) is 3.73. The largest absolute Gasteiger partial charge is 0.360 e. The lowest BCUT2D eigenvalue weighted by molar-refractivity contribution is -0.122. The van der Waals surface area contributed by atoms with Crippen molar-refractivity contribution in [2.75, 3.05) is 17.0 Å². The third-order valence-electron chi connectivity index (χ3n) is 2.51. The van der Waals surface area contributed by atoms with Gasteiger partial charge < -0.3 is 9.84 Å². The molecule has 7 nitrogen and oxygen atoms in total. The Morgan fingerprint density at radius 3 is 2.83 bits per heavy atom. The van der Waals surface area contributed by atoms with E-state index in [9.17, 15) is 13.2 Å². The highest BCUT2D eigenvalue weighted by molar-refractivity contribution is 7.92. The van der Waals surface area contributed by atoms with Gasteiger partial charge in [0.15, 0.2) is 5.82 Å². The van der Waals surface area contributed by atoms with Crippen LogP contribution >= 0.6 is 0 Å². The summed E-state index contributed by atoms with van der Waals surface area (Å²) in [6, 6.07) is 1.49. The van der Waals surface area contributed by atoms with E-state index in [1.54, 1.807) is 6.92 Å². The van der Waals surface area contributed by atoms with E-state index in [1.165, 1.54) is 6.07 Å². The lowest BCUT2D eigenvalue weighted by Crippen LogP contribution is -2.32. The normalized spacial score (nSPS) is 15.4.